The number of anilines is 1. The number of para-hydroxylation sites is 1. The second kappa shape index (κ2) is 9.28. The van der Waals surface area contributed by atoms with E-state index in [0.717, 1.165) is 0 Å². The summed E-state index contributed by atoms with van der Waals surface area (Å²) in [5, 5.41) is 11.4. The predicted molar refractivity (Wildman–Crippen MR) is 131 cm³/mol. The van der Waals surface area contributed by atoms with Crippen molar-refractivity contribution >= 4 is 29.0 Å². The average Bonchev–Trinajstić information content (AvgIpc) is 3.27. The lowest BCUT2D eigenvalue weighted by Gasteiger charge is -2.36. The molecule has 8 heteroatoms. The van der Waals surface area contributed by atoms with Gasteiger partial charge in [-0.15, -0.1) is 0 Å². The van der Waals surface area contributed by atoms with Gasteiger partial charge in [0, 0.05) is 43.9 Å². The smallest absolute Gasteiger partial charge is 0.296 e. The van der Waals surface area contributed by atoms with Gasteiger partial charge in [-0.25, -0.2) is 0 Å². The summed E-state index contributed by atoms with van der Waals surface area (Å²) >= 11 is 0. The molecule has 2 aromatic carbocycles. The number of aliphatic hydroxyl groups is 1. The Balaban J connectivity index is 1.70. The molecule has 3 aliphatic heterocycles. The average molecular weight is 476 g/mol. The molecule has 5 rings (SSSR count). The number of ketones is 1. The van der Waals surface area contributed by atoms with Crippen molar-refractivity contribution in [3.8, 4) is 0 Å². The van der Waals surface area contributed by atoms with Gasteiger partial charge in [-0.1, -0.05) is 55.5 Å². The minimum absolute atomic E-state index is 0.160. The molecule has 2 fully saturated rings. The van der Waals surface area contributed by atoms with Crippen molar-refractivity contribution in [3.63, 3.8) is 0 Å². The van der Waals surface area contributed by atoms with Crippen molar-refractivity contribution in [1.29, 1.82) is 0 Å². The van der Waals surface area contributed by atoms with Crippen molar-refractivity contribution < 1.29 is 24.2 Å². The Labute approximate surface area is 204 Å². The van der Waals surface area contributed by atoms with Crippen LogP contribution in [0.25, 0.3) is 5.76 Å². The summed E-state index contributed by atoms with van der Waals surface area (Å²) < 4.78 is 5.43. The summed E-state index contributed by atoms with van der Waals surface area (Å²) in [5.41, 5.74) is -0.260. The van der Waals surface area contributed by atoms with E-state index in [1.54, 1.807) is 47.4 Å². The van der Waals surface area contributed by atoms with Crippen LogP contribution in [0.15, 0.2) is 60.2 Å². The largest absolute Gasteiger partial charge is 0.507 e. The molecular weight excluding hydrogens is 446 g/mol. The second-order valence-corrected chi connectivity index (χ2v) is 9.01. The molecule has 0 radical (unpaired) electrons. The molecule has 1 spiro atoms. The van der Waals surface area contributed by atoms with E-state index in [0.29, 0.717) is 62.6 Å². The zero-order valence-corrected chi connectivity index (χ0v) is 19.8. The Bertz CT molecular complexity index is 1190. The number of ether oxygens (including phenoxy) is 1. The van der Waals surface area contributed by atoms with Gasteiger partial charge in [0.2, 0.25) is 0 Å². The normalized spacial score (nSPS) is 24.0. The summed E-state index contributed by atoms with van der Waals surface area (Å²) in [6.45, 7) is 5.72. The van der Waals surface area contributed by atoms with E-state index in [9.17, 15) is 19.5 Å². The maximum Gasteiger partial charge on any atom is 0.296 e. The number of fused-ring (bicyclic) bond motifs is 2. The summed E-state index contributed by atoms with van der Waals surface area (Å²) in [7, 11) is 0. The fourth-order valence-corrected chi connectivity index (χ4v) is 5.42. The van der Waals surface area contributed by atoms with Crippen LogP contribution in [-0.2, 0) is 24.7 Å². The number of amides is 2. The van der Waals surface area contributed by atoms with E-state index in [1.807, 2.05) is 19.1 Å². The Morgan fingerprint density at radius 2 is 1.63 bits per heavy atom. The summed E-state index contributed by atoms with van der Waals surface area (Å²) in [5.74, 6) is -2.31. The monoisotopic (exact) mass is 475 g/mol. The first-order chi connectivity index (χ1) is 17.0. The zero-order valence-electron chi connectivity index (χ0n) is 19.8. The molecule has 0 aromatic heterocycles. The van der Waals surface area contributed by atoms with E-state index >= 15 is 0 Å². The minimum Gasteiger partial charge on any atom is -0.507 e. The molecule has 182 valence electrons. The van der Waals surface area contributed by atoms with Crippen molar-refractivity contribution in [2.24, 2.45) is 0 Å². The Kier molecular flexibility index (Phi) is 6.17. The standard InChI is InChI=1S/C27H29N3O5/c1-2-12-29-21-11-7-6-10-20(21)27(26(29)34)22(23(31)19-8-4-3-5-9-19)24(32)25(33)30(27)14-13-28-15-17-35-18-16-28/h3-11,31H,2,12-18H2,1H3/t27-/m0/s1. The third kappa shape index (κ3) is 3.56. The third-order valence-corrected chi connectivity index (χ3v) is 7.05. The van der Waals surface area contributed by atoms with Crippen LogP contribution in [0.4, 0.5) is 5.69 Å². The van der Waals surface area contributed by atoms with Gasteiger partial charge in [-0.05, 0) is 12.5 Å². The number of carbonyl (C=O) groups is 3. The Morgan fingerprint density at radius 3 is 2.34 bits per heavy atom. The van der Waals surface area contributed by atoms with E-state index < -0.39 is 17.2 Å². The van der Waals surface area contributed by atoms with Crippen LogP contribution in [0.3, 0.4) is 0 Å². The highest BCUT2D eigenvalue weighted by atomic mass is 16.5. The van der Waals surface area contributed by atoms with Gasteiger partial charge in [-0.2, -0.15) is 0 Å². The van der Waals surface area contributed by atoms with E-state index in [-0.39, 0.29) is 23.8 Å². The number of Topliss-reactive ketones (excluding diaryl/α,β-unsaturated/α-hetero) is 1. The summed E-state index contributed by atoms with van der Waals surface area (Å²) in [6, 6.07) is 15.9. The van der Waals surface area contributed by atoms with Gasteiger partial charge in [0.05, 0.1) is 24.5 Å². The highest BCUT2D eigenvalue weighted by Crippen LogP contribution is 2.53. The van der Waals surface area contributed by atoms with Crippen LogP contribution in [0, 0.1) is 0 Å². The molecular formula is C27H29N3O5. The molecule has 2 saturated heterocycles. The number of benzene rings is 2. The van der Waals surface area contributed by atoms with Crippen LogP contribution in [0.1, 0.15) is 24.5 Å². The SMILES string of the molecule is CCCN1C(=O)[C@@]2(C(=C(O)c3ccccc3)C(=O)C(=O)N2CCN2CCOCC2)c2ccccc21. The van der Waals surface area contributed by atoms with Gasteiger partial charge < -0.3 is 19.6 Å². The fraction of sp³-hybridized carbons (Fsp3) is 0.370. The number of nitrogens with zero attached hydrogens (tertiary/aromatic N) is 3. The van der Waals surface area contributed by atoms with Crippen LogP contribution in [0.5, 0.6) is 0 Å². The van der Waals surface area contributed by atoms with Crippen molar-refractivity contribution in [2.75, 3.05) is 50.8 Å². The van der Waals surface area contributed by atoms with Crippen LogP contribution < -0.4 is 4.90 Å². The summed E-state index contributed by atoms with van der Waals surface area (Å²) in [4.78, 5) is 46.5. The molecule has 0 aliphatic carbocycles. The third-order valence-electron chi connectivity index (χ3n) is 7.05. The van der Waals surface area contributed by atoms with Gasteiger partial charge in [0.15, 0.2) is 5.54 Å². The molecule has 0 unspecified atom stereocenters. The van der Waals surface area contributed by atoms with Crippen molar-refractivity contribution in [2.45, 2.75) is 18.9 Å². The number of likely N-dealkylation sites (tertiary alicyclic amines) is 1. The summed E-state index contributed by atoms with van der Waals surface area (Å²) in [6.07, 6.45) is 0.704. The highest BCUT2D eigenvalue weighted by molar-refractivity contribution is 6.50. The molecule has 1 atom stereocenters. The first-order valence-electron chi connectivity index (χ1n) is 12.1. The fourth-order valence-electron chi connectivity index (χ4n) is 5.42. The lowest BCUT2D eigenvalue weighted by atomic mass is 9.82. The van der Waals surface area contributed by atoms with Gasteiger partial charge in [-0.3, -0.25) is 19.3 Å². The number of aliphatic hydroxyl groups excluding tert-OH is 1. The van der Waals surface area contributed by atoms with Gasteiger partial charge in [0.25, 0.3) is 17.6 Å². The number of carbonyl (C=O) groups excluding carboxylic acids is 3. The van der Waals surface area contributed by atoms with E-state index in [1.165, 1.54) is 4.90 Å². The van der Waals surface area contributed by atoms with Crippen molar-refractivity contribution in [1.82, 2.24) is 9.80 Å². The Morgan fingerprint density at radius 1 is 0.943 bits per heavy atom. The Hall–Kier alpha value is -3.49. The maximum absolute atomic E-state index is 14.3. The predicted octanol–water partition coefficient (Wildman–Crippen LogP) is 2.35. The quantitative estimate of drug-likeness (QED) is 0.392. The van der Waals surface area contributed by atoms with Crippen molar-refractivity contribution in [3.05, 3.63) is 71.3 Å². The van der Waals surface area contributed by atoms with Crippen LogP contribution >= 0.6 is 0 Å². The molecule has 0 saturated carbocycles. The molecule has 35 heavy (non-hydrogen) atoms. The maximum atomic E-state index is 14.3. The number of hydrogen-bond acceptors (Lipinski definition) is 6. The first kappa shape index (κ1) is 23.3. The highest BCUT2D eigenvalue weighted by Gasteiger charge is 2.66. The second-order valence-electron chi connectivity index (χ2n) is 9.01. The number of morpholine rings is 1. The van der Waals surface area contributed by atoms with Gasteiger partial charge in [0.1, 0.15) is 5.76 Å². The van der Waals surface area contributed by atoms with E-state index in [4.69, 9.17) is 4.74 Å². The molecule has 1 N–H and O–H groups in total. The lowest BCUT2D eigenvalue weighted by molar-refractivity contribution is -0.144. The zero-order chi connectivity index (χ0) is 24.6. The molecule has 8 nitrogen and oxygen atoms in total. The molecule has 3 aliphatic rings. The molecule has 0 bridgehead atoms. The van der Waals surface area contributed by atoms with Crippen LogP contribution in [0.2, 0.25) is 0 Å². The van der Waals surface area contributed by atoms with E-state index in [2.05, 4.69) is 4.90 Å². The topological polar surface area (TPSA) is 90.4 Å². The first-order valence-corrected chi connectivity index (χ1v) is 12.1. The lowest BCUT2D eigenvalue weighted by Crippen LogP contribution is -2.54. The molecule has 3 heterocycles. The minimum atomic E-state index is -1.70. The number of hydrogen-bond donors (Lipinski definition) is 1. The van der Waals surface area contributed by atoms with Crippen LogP contribution in [-0.4, -0.2) is 78.4 Å². The molecule has 2 amide bonds. The number of rotatable bonds is 6. The van der Waals surface area contributed by atoms with Gasteiger partial charge >= 0.3 is 0 Å². The molecule has 2 aromatic rings.